The molecule has 37 heavy (non-hydrogen) atoms. The first-order valence-corrected chi connectivity index (χ1v) is 14.2. The Balaban J connectivity index is 1.90. The highest BCUT2D eigenvalue weighted by atomic mass is 32.2. The lowest BCUT2D eigenvalue weighted by Crippen LogP contribution is -2.53. The summed E-state index contributed by atoms with van der Waals surface area (Å²) in [5, 5.41) is 14.3. The molecule has 2 aromatic carbocycles. The van der Waals surface area contributed by atoms with Gasteiger partial charge in [-0.25, -0.2) is 8.42 Å². The molecule has 1 atom stereocenters. The lowest BCUT2D eigenvalue weighted by molar-refractivity contribution is -0.384. The van der Waals surface area contributed by atoms with E-state index >= 15 is 0 Å². The van der Waals surface area contributed by atoms with Crippen LogP contribution in [0.3, 0.4) is 0 Å². The van der Waals surface area contributed by atoms with Crippen molar-refractivity contribution in [2.75, 3.05) is 17.1 Å². The first kappa shape index (κ1) is 28.1. The number of hydrogen-bond donors (Lipinski definition) is 1. The minimum atomic E-state index is -3.97. The molecule has 3 rings (SSSR count). The molecule has 1 aliphatic carbocycles. The standard InChI is InChI=1S/C26H34N4O6S/c1-19-9-7-10-21(15-19)17-28(20(2)26(32)27-22-11-5-4-6-12-22)25(31)18-29(37(3,35)36)23-13-8-14-24(16-23)30(33)34/h7-10,13-16,20,22H,4-6,11-12,17-18H2,1-3H3,(H,27,32)/t20-/m1/s1. The van der Waals surface area contributed by atoms with E-state index in [0.29, 0.717) is 0 Å². The van der Waals surface area contributed by atoms with Crippen LogP contribution in [0.25, 0.3) is 0 Å². The minimum Gasteiger partial charge on any atom is -0.352 e. The van der Waals surface area contributed by atoms with Crippen LogP contribution in [0.1, 0.15) is 50.2 Å². The molecule has 0 spiro atoms. The van der Waals surface area contributed by atoms with Gasteiger partial charge in [-0.3, -0.25) is 24.0 Å². The van der Waals surface area contributed by atoms with Crippen molar-refractivity contribution in [1.29, 1.82) is 0 Å². The number of aryl methyl sites for hydroxylation is 1. The molecule has 1 saturated carbocycles. The van der Waals surface area contributed by atoms with Crippen LogP contribution in [-0.4, -0.2) is 54.9 Å². The van der Waals surface area contributed by atoms with E-state index in [1.54, 1.807) is 6.92 Å². The van der Waals surface area contributed by atoms with Crippen LogP contribution >= 0.6 is 0 Å². The first-order chi connectivity index (χ1) is 17.5. The fraction of sp³-hybridized carbons (Fsp3) is 0.462. The maximum atomic E-state index is 13.6. The van der Waals surface area contributed by atoms with Gasteiger partial charge in [0.15, 0.2) is 0 Å². The van der Waals surface area contributed by atoms with Gasteiger partial charge >= 0.3 is 0 Å². The summed E-state index contributed by atoms with van der Waals surface area (Å²) in [6.45, 7) is 3.05. The number of nitrogens with zero attached hydrogens (tertiary/aromatic N) is 3. The maximum absolute atomic E-state index is 13.6. The van der Waals surface area contributed by atoms with E-state index in [0.717, 1.165) is 59.9 Å². The normalized spacial score (nSPS) is 15.0. The van der Waals surface area contributed by atoms with Crippen LogP contribution in [0, 0.1) is 17.0 Å². The van der Waals surface area contributed by atoms with Gasteiger partial charge in [-0.2, -0.15) is 0 Å². The average Bonchev–Trinajstić information content (AvgIpc) is 2.85. The second kappa shape index (κ2) is 12.2. The van der Waals surface area contributed by atoms with E-state index < -0.39 is 33.4 Å². The predicted molar refractivity (Wildman–Crippen MR) is 141 cm³/mol. The van der Waals surface area contributed by atoms with Gasteiger partial charge in [0.1, 0.15) is 12.6 Å². The van der Waals surface area contributed by atoms with E-state index in [1.807, 2.05) is 31.2 Å². The molecule has 0 aromatic heterocycles. The van der Waals surface area contributed by atoms with E-state index in [4.69, 9.17) is 0 Å². The van der Waals surface area contributed by atoms with Crippen molar-refractivity contribution < 1.29 is 22.9 Å². The third-order valence-corrected chi connectivity index (χ3v) is 7.70. The molecule has 2 amide bonds. The third kappa shape index (κ3) is 7.75. The second-order valence-corrected chi connectivity index (χ2v) is 11.5. The van der Waals surface area contributed by atoms with Crippen LogP contribution in [0.15, 0.2) is 48.5 Å². The van der Waals surface area contributed by atoms with E-state index in [9.17, 15) is 28.1 Å². The summed E-state index contributed by atoms with van der Waals surface area (Å²) in [6, 6.07) is 11.8. The molecule has 2 aromatic rings. The Kier molecular flexibility index (Phi) is 9.25. The Morgan fingerprint density at radius 1 is 1.11 bits per heavy atom. The highest BCUT2D eigenvalue weighted by Gasteiger charge is 2.31. The third-order valence-electron chi connectivity index (χ3n) is 6.56. The number of non-ortho nitro benzene ring substituents is 1. The molecule has 0 heterocycles. The quantitative estimate of drug-likeness (QED) is 0.369. The summed E-state index contributed by atoms with van der Waals surface area (Å²) in [6.07, 6.45) is 5.93. The number of nitro benzene ring substituents is 1. The summed E-state index contributed by atoms with van der Waals surface area (Å²) in [7, 11) is -3.97. The minimum absolute atomic E-state index is 0.000124. The van der Waals surface area contributed by atoms with E-state index in [2.05, 4.69) is 5.32 Å². The Bertz CT molecular complexity index is 1240. The number of anilines is 1. The summed E-state index contributed by atoms with van der Waals surface area (Å²) < 4.78 is 26.1. The van der Waals surface area contributed by atoms with Gasteiger partial charge in [0.05, 0.1) is 16.9 Å². The highest BCUT2D eigenvalue weighted by molar-refractivity contribution is 7.92. The van der Waals surface area contributed by atoms with Gasteiger partial charge in [0, 0.05) is 24.7 Å². The molecule has 0 radical (unpaired) electrons. The lowest BCUT2D eigenvalue weighted by Gasteiger charge is -2.33. The summed E-state index contributed by atoms with van der Waals surface area (Å²) in [5.74, 6) is -0.890. The number of sulfonamides is 1. The highest BCUT2D eigenvalue weighted by Crippen LogP contribution is 2.24. The van der Waals surface area contributed by atoms with Crippen molar-refractivity contribution in [1.82, 2.24) is 10.2 Å². The number of carbonyl (C=O) groups is 2. The summed E-state index contributed by atoms with van der Waals surface area (Å²) in [5.41, 5.74) is 1.49. The topological polar surface area (TPSA) is 130 Å². The number of carbonyl (C=O) groups excluding carboxylic acids is 2. The van der Waals surface area contributed by atoms with Gasteiger partial charge in [0.25, 0.3) is 5.69 Å². The Morgan fingerprint density at radius 2 is 1.78 bits per heavy atom. The molecular formula is C26H34N4O6S. The van der Waals surface area contributed by atoms with Crippen molar-refractivity contribution >= 4 is 33.2 Å². The second-order valence-electron chi connectivity index (χ2n) is 9.58. The Morgan fingerprint density at radius 3 is 2.41 bits per heavy atom. The van der Waals surface area contributed by atoms with Gasteiger partial charge in [-0.1, -0.05) is 55.2 Å². The van der Waals surface area contributed by atoms with Gasteiger partial charge in [-0.15, -0.1) is 0 Å². The molecule has 0 unspecified atom stereocenters. The molecule has 1 N–H and O–H groups in total. The first-order valence-electron chi connectivity index (χ1n) is 12.3. The molecule has 0 saturated heterocycles. The van der Waals surface area contributed by atoms with Crippen molar-refractivity contribution in [2.45, 2.75) is 64.6 Å². The number of benzene rings is 2. The Hall–Kier alpha value is -3.47. The zero-order chi connectivity index (χ0) is 27.2. The van der Waals surface area contributed by atoms with Crippen LogP contribution in [0.4, 0.5) is 11.4 Å². The maximum Gasteiger partial charge on any atom is 0.271 e. The largest absolute Gasteiger partial charge is 0.352 e. The molecule has 0 bridgehead atoms. The number of nitro groups is 1. The van der Waals surface area contributed by atoms with Crippen molar-refractivity contribution in [3.8, 4) is 0 Å². The molecule has 10 nitrogen and oxygen atoms in total. The van der Waals surface area contributed by atoms with Crippen molar-refractivity contribution in [2.24, 2.45) is 0 Å². The van der Waals surface area contributed by atoms with Gasteiger partial charge < -0.3 is 10.2 Å². The predicted octanol–water partition coefficient (Wildman–Crippen LogP) is 3.54. The molecule has 1 fully saturated rings. The van der Waals surface area contributed by atoms with E-state index in [1.165, 1.54) is 23.1 Å². The molecular weight excluding hydrogens is 496 g/mol. The monoisotopic (exact) mass is 530 g/mol. The van der Waals surface area contributed by atoms with Crippen LogP contribution in [0.5, 0.6) is 0 Å². The van der Waals surface area contributed by atoms with Gasteiger partial charge in [0.2, 0.25) is 21.8 Å². The summed E-state index contributed by atoms with van der Waals surface area (Å²) >= 11 is 0. The number of hydrogen-bond acceptors (Lipinski definition) is 6. The number of nitrogens with one attached hydrogen (secondary N) is 1. The van der Waals surface area contributed by atoms with Gasteiger partial charge in [-0.05, 0) is 38.3 Å². The van der Waals surface area contributed by atoms with Crippen LogP contribution in [0.2, 0.25) is 0 Å². The zero-order valence-corrected chi connectivity index (χ0v) is 22.2. The fourth-order valence-corrected chi connectivity index (χ4v) is 5.38. The molecule has 0 aliphatic heterocycles. The van der Waals surface area contributed by atoms with E-state index in [-0.39, 0.29) is 29.9 Å². The Labute approximate surface area is 217 Å². The van der Waals surface area contributed by atoms with Crippen molar-refractivity contribution in [3.05, 3.63) is 69.8 Å². The smallest absolute Gasteiger partial charge is 0.271 e. The van der Waals surface area contributed by atoms with Crippen LogP contribution in [-0.2, 0) is 26.2 Å². The lowest BCUT2D eigenvalue weighted by atomic mass is 9.95. The van der Waals surface area contributed by atoms with Crippen molar-refractivity contribution in [3.63, 3.8) is 0 Å². The summed E-state index contributed by atoms with van der Waals surface area (Å²) in [4.78, 5) is 38.8. The number of rotatable bonds is 10. The molecule has 200 valence electrons. The van der Waals surface area contributed by atoms with Crippen LogP contribution < -0.4 is 9.62 Å². The SMILES string of the molecule is Cc1cccc(CN(C(=O)CN(c2cccc([N+](=O)[O-])c2)S(C)(=O)=O)[C@H](C)C(=O)NC2CCCCC2)c1. The average molecular weight is 531 g/mol. The fourth-order valence-electron chi connectivity index (χ4n) is 4.53. The molecule has 11 heteroatoms. The molecule has 1 aliphatic rings. The number of amides is 2. The zero-order valence-electron chi connectivity index (χ0n) is 21.4.